The van der Waals surface area contributed by atoms with Crippen LogP contribution in [0.4, 0.5) is 0 Å². The summed E-state index contributed by atoms with van der Waals surface area (Å²) in [7, 11) is 0. The number of ether oxygens (including phenoxy) is 1. The molecule has 0 saturated carbocycles. The largest absolute Gasteiger partial charge is 0.481 e. The summed E-state index contributed by atoms with van der Waals surface area (Å²) in [6.07, 6.45) is 40.0. The number of esters is 1. The van der Waals surface area contributed by atoms with Gasteiger partial charge in [-0.1, -0.05) is 173 Å². The second kappa shape index (κ2) is 31.9. The standard InChI is InChI=1S/C36H66O4/c1-3-5-6-7-8-9-10-11-12-13-14-15-16-17-18-19-20-21-22-23-24-25-26-27-28-29-30-31-34(36(38)39)33-35(37)40-32-4-2/h4,7-8,34H,2-3,5-6,9-33H2,1H3,(H,38,39)/b8-7+. The van der Waals surface area contributed by atoms with Crippen LogP contribution in [0.2, 0.25) is 0 Å². The Morgan fingerprint density at radius 1 is 0.625 bits per heavy atom. The maximum Gasteiger partial charge on any atom is 0.307 e. The highest BCUT2D eigenvalue weighted by Gasteiger charge is 2.21. The van der Waals surface area contributed by atoms with Crippen molar-refractivity contribution in [2.75, 3.05) is 6.61 Å². The number of carboxylic acids is 1. The van der Waals surface area contributed by atoms with Gasteiger partial charge in [0.05, 0.1) is 12.3 Å². The highest BCUT2D eigenvalue weighted by molar-refractivity contribution is 5.78. The quantitative estimate of drug-likeness (QED) is 0.0503. The van der Waals surface area contributed by atoms with Crippen molar-refractivity contribution >= 4 is 11.9 Å². The Labute approximate surface area is 248 Å². The molecule has 4 heteroatoms. The molecule has 0 heterocycles. The van der Waals surface area contributed by atoms with E-state index in [0.29, 0.717) is 6.42 Å². The van der Waals surface area contributed by atoms with E-state index in [4.69, 9.17) is 4.74 Å². The van der Waals surface area contributed by atoms with Gasteiger partial charge in [0.15, 0.2) is 0 Å². The second-order valence-electron chi connectivity index (χ2n) is 11.8. The Bertz CT molecular complexity index is 598. The summed E-state index contributed by atoms with van der Waals surface area (Å²) in [6, 6.07) is 0. The molecule has 1 atom stereocenters. The zero-order valence-electron chi connectivity index (χ0n) is 26.5. The van der Waals surface area contributed by atoms with Crippen LogP contribution in [0.5, 0.6) is 0 Å². The molecule has 0 aliphatic rings. The maximum atomic E-state index is 11.6. The smallest absolute Gasteiger partial charge is 0.307 e. The van der Waals surface area contributed by atoms with Crippen LogP contribution in [-0.2, 0) is 14.3 Å². The number of hydrogen-bond donors (Lipinski definition) is 1. The molecule has 0 fully saturated rings. The topological polar surface area (TPSA) is 63.6 Å². The lowest BCUT2D eigenvalue weighted by atomic mass is 9.97. The zero-order chi connectivity index (χ0) is 29.4. The lowest BCUT2D eigenvalue weighted by Crippen LogP contribution is -2.19. The number of unbranched alkanes of at least 4 members (excludes halogenated alkanes) is 23. The lowest BCUT2D eigenvalue weighted by molar-refractivity contribution is -0.151. The van der Waals surface area contributed by atoms with Gasteiger partial charge >= 0.3 is 11.9 Å². The highest BCUT2D eigenvalue weighted by atomic mass is 16.5. The minimum absolute atomic E-state index is 0.0405. The van der Waals surface area contributed by atoms with Crippen LogP contribution in [0.3, 0.4) is 0 Å². The van der Waals surface area contributed by atoms with Crippen LogP contribution in [0, 0.1) is 5.92 Å². The summed E-state index contributed by atoms with van der Waals surface area (Å²) in [6.45, 7) is 5.90. The third-order valence-electron chi connectivity index (χ3n) is 7.94. The van der Waals surface area contributed by atoms with Crippen LogP contribution >= 0.6 is 0 Å². The summed E-state index contributed by atoms with van der Waals surface area (Å²) < 4.78 is 4.91. The molecule has 0 rings (SSSR count). The van der Waals surface area contributed by atoms with Crippen molar-refractivity contribution in [3.05, 3.63) is 24.8 Å². The third kappa shape index (κ3) is 29.4. The van der Waals surface area contributed by atoms with Crippen molar-refractivity contribution in [1.29, 1.82) is 0 Å². The molecule has 0 aliphatic heterocycles. The second-order valence-corrected chi connectivity index (χ2v) is 11.8. The number of carboxylic acid groups (broad SMARTS) is 1. The number of aliphatic carboxylic acids is 1. The summed E-state index contributed by atoms with van der Waals surface area (Å²) in [5.74, 6) is -1.98. The van der Waals surface area contributed by atoms with E-state index in [1.165, 1.54) is 147 Å². The van der Waals surface area contributed by atoms with E-state index >= 15 is 0 Å². The fourth-order valence-corrected chi connectivity index (χ4v) is 5.29. The number of allylic oxidation sites excluding steroid dienone is 2. The Morgan fingerprint density at radius 2 is 1.00 bits per heavy atom. The van der Waals surface area contributed by atoms with Crippen molar-refractivity contribution in [3.8, 4) is 0 Å². The van der Waals surface area contributed by atoms with Gasteiger partial charge in [-0.25, -0.2) is 0 Å². The number of carbonyl (C=O) groups excluding carboxylic acids is 1. The molecule has 234 valence electrons. The van der Waals surface area contributed by atoms with Gasteiger partial charge in [-0.2, -0.15) is 0 Å². The van der Waals surface area contributed by atoms with Gasteiger partial charge in [-0.05, 0) is 25.7 Å². The minimum Gasteiger partial charge on any atom is -0.481 e. The first-order valence-electron chi connectivity index (χ1n) is 17.3. The monoisotopic (exact) mass is 562 g/mol. The fraction of sp³-hybridized carbons (Fsp3) is 0.833. The Hall–Kier alpha value is -1.58. The van der Waals surface area contributed by atoms with E-state index in [9.17, 15) is 14.7 Å². The van der Waals surface area contributed by atoms with Gasteiger partial charge in [0.25, 0.3) is 0 Å². The molecule has 1 N–H and O–H groups in total. The average molecular weight is 563 g/mol. The van der Waals surface area contributed by atoms with E-state index in [1.54, 1.807) is 0 Å². The normalized spacial score (nSPS) is 12.1. The van der Waals surface area contributed by atoms with Crippen LogP contribution < -0.4 is 0 Å². The lowest BCUT2D eigenvalue weighted by Gasteiger charge is -2.11. The third-order valence-corrected chi connectivity index (χ3v) is 7.94. The Morgan fingerprint density at radius 3 is 1.38 bits per heavy atom. The van der Waals surface area contributed by atoms with Gasteiger partial charge in [0, 0.05) is 0 Å². The zero-order valence-corrected chi connectivity index (χ0v) is 26.5. The van der Waals surface area contributed by atoms with E-state index < -0.39 is 17.9 Å². The van der Waals surface area contributed by atoms with Gasteiger partial charge in [0.2, 0.25) is 0 Å². The molecule has 0 aromatic carbocycles. The Balaban J connectivity index is 3.28. The molecule has 1 unspecified atom stereocenters. The first-order valence-corrected chi connectivity index (χ1v) is 17.3. The van der Waals surface area contributed by atoms with Crippen molar-refractivity contribution in [1.82, 2.24) is 0 Å². The summed E-state index contributed by atoms with van der Waals surface area (Å²) in [4.78, 5) is 23.0. The van der Waals surface area contributed by atoms with Gasteiger partial charge in [-0.3, -0.25) is 9.59 Å². The number of rotatable bonds is 32. The van der Waals surface area contributed by atoms with Crippen LogP contribution in [-0.4, -0.2) is 23.7 Å². The Kier molecular flexibility index (Phi) is 30.7. The van der Waals surface area contributed by atoms with E-state index in [-0.39, 0.29) is 13.0 Å². The molecular weight excluding hydrogens is 496 g/mol. The predicted molar refractivity (Wildman–Crippen MR) is 172 cm³/mol. The summed E-state index contributed by atoms with van der Waals surface area (Å²) in [5.41, 5.74) is 0. The van der Waals surface area contributed by atoms with Crippen LogP contribution in [0.15, 0.2) is 24.8 Å². The van der Waals surface area contributed by atoms with E-state index in [0.717, 1.165) is 19.3 Å². The van der Waals surface area contributed by atoms with E-state index in [1.807, 2.05) is 0 Å². The molecule has 4 nitrogen and oxygen atoms in total. The molecule has 0 aliphatic carbocycles. The highest BCUT2D eigenvalue weighted by Crippen LogP contribution is 2.18. The van der Waals surface area contributed by atoms with Crippen molar-refractivity contribution in [3.63, 3.8) is 0 Å². The number of hydrogen-bond acceptors (Lipinski definition) is 3. The predicted octanol–water partition coefficient (Wildman–Crippen LogP) is 11.5. The van der Waals surface area contributed by atoms with Crippen LogP contribution in [0.1, 0.15) is 180 Å². The van der Waals surface area contributed by atoms with Gasteiger partial charge in [-0.15, -0.1) is 0 Å². The fourth-order valence-electron chi connectivity index (χ4n) is 5.29. The minimum atomic E-state index is -0.899. The van der Waals surface area contributed by atoms with Gasteiger partial charge < -0.3 is 9.84 Å². The summed E-state index contributed by atoms with van der Waals surface area (Å²) >= 11 is 0. The molecule has 0 amide bonds. The molecule has 0 radical (unpaired) electrons. The van der Waals surface area contributed by atoms with Crippen molar-refractivity contribution in [2.24, 2.45) is 5.92 Å². The average Bonchev–Trinajstić information content (AvgIpc) is 2.94. The van der Waals surface area contributed by atoms with Crippen molar-refractivity contribution < 1.29 is 19.4 Å². The molecule has 0 aromatic rings. The first-order chi connectivity index (χ1) is 19.6. The number of carbonyl (C=O) groups is 2. The molecule has 40 heavy (non-hydrogen) atoms. The van der Waals surface area contributed by atoms with E-state index in [2.05, 4.69) is 25.7 Å². The van der Waals surface area contributed by atoms with Crippen LogP contribution in [0.25, 0.3) is 0 Å². The molecule has 0 aromatic heterocycles. The molecule has 0 bridgehead atoms. The molecule has 0 spiro atoms. The first kappa shape index (κ1) is 38.4. The molecular formula is C36H66O4. The van der Waals surface area contributed by atoms with Crippen molar-refractivity contribution in [2.45, 2.75) is 180 Å². The summed E-state index contributed by atoms with van der Waals surface area (Å²) in [5, 5.41) is 9.32. The SMILES string of the molecule is C=CCOC(=O)CC(CCCCCCCCCCCCCCCCCCCCCCC/C=C/CCCC)C(=O)O. The molecule has 0 saturated heterocycles. The maximum absolute atomic E-state index is 11.6. The van der Waals surface area contributed by atoms with Gasteiger partial charge in [0.1, 0.15) is 6.61 Å².